The van der Waals surface area contributed by atoms with Crippen molar-refractivity contribution in [2.45, 2.75) is 46.6 Å². The van der Waals surface area contributed by atoms with Crippen molar-refractivity contribution >= 4 is 11.9 Å². The summed E-state index contributed by atoms with van der Waals surface area (Å²) in [5.41, 5.74) is 2.11. The summed E-state index contributed by atoms with van der Waals surface area (Å²) in [6.07, 6.45) is 0. The van der Waals surface area contributed by atoms with Crippen LogP contribution in [0.15, 0.2) is 9.52 Å². The monoisotopic (exact) mass is 378 g/mol. The van der Waals surface area contributed by atoms with Crippen molar-refractivity contribution in [1.29, 1.82) is 0 Å². The molecule has 1 aromatic rings. The van der Waals surface area contributed by atoms with Crippen molar-refractivity contribution in [2.75, 3.05) is 46.3 Å². The van der Waals surface area contributed by atoms with Crippen molar-refractivity contribution in [2.24, 2.45) is 4.99 Å². The summed E-state index contributed by atoms with van der Waals surface area (Å²) in [7, 11) is 1.81. The molecule has 2 heterocycles. The molecular formula is C19H34N6O2. The summed E-state index contributed by atoms with van der Waals surface area (Å²) >= 11 is 0. The van der Waals surface area contributed by atoms with Crippen LogP contribution in [0, 0.1) is 13.8 Å². The summed E-state index contributed by atoms with van der Waals surface area (Å²) in [6.45, 7) is 14.7. The van der Waals surface area contributed by atoms with Gasteiger partial charge in [-0.3, -0.25) is 14.7 Å². The lowest BCUT2D eigenvalue weighted by Crippen LogP contribution is -2.54. The van der Waals surface area contributed by atoms with Crippen LogP contribution in [0.2, 0.25) is 0 Å². The van der Waals surface area contributed by atoms with E-state index in [0.29, 0.717) is 6.54 Å². The Morgan fingerprint density at radius 1 is 1.22 bits per heavy atom. The zero-order valence-electron chi connectivity index (χ0n) is 17.5. The average Bonchev–Trinajstić information content (AvgIpc) is 2.94. The van der Waals surface area contributed by atoms with Gasteiger partial charge in [0.1, 0.15) is 5.76 Å². The minimum absolute atomic E-state index is 0.0919. The predicted molar refractivity (Wildman–Crippen MR) is 107 cm³/mol. The number of nitrogens with zero attached hydrogens (tertiary/aromatic N) is 4. The van der Waals surface area contributed by atoms with Gasteiger partial charge in [0, 0.05) is 57.3 Å². The molecule has 1 amide bonds. The van der Waals surface area contributed by atoms with Crippen molar-refractivity contribution < 1.29 is 9.32 Å². The number of carbonyl (C=O) groups is 1. The highest BCUT2D eigenvalue weighted by atomic mass is 16.5. The fraction of sp³-hybridized carbons (Fsp3) is 0.737. The molecule has 8 heteroatoms. The molecule has 0 bridgehead atoms. The zero-order chi connectivity index (χ0) is 20.0. The van der Waals surface area contributed by atoms with Crippen LogP contribution in [0.5, 0.6) is 0 Å². The van der Waals surface area contributed by atoms with Crippen LogP contribution in [0.1, 0.15) is 43.7 Å². The van der Waals surface area contributed by atoms with Crippen molar-refractivity contribution in [1.82, 2.24) is 25.6 Å². The maximum atomic E-state index is 11.9. The highest BCUT2D eigenvalue weighted by Gasteiger charge is 2.22. The molecule has 8 nitrogen and oxygen atoms in total. The third-order valence-electron chi connectivity index (χ3n) is 4.85. The summed E-state index contributed by atoms with van der Waals surface area (Å²) in [6, 6.07) is 0.182. The van der Waals surface area contributed by atoms with Crippen molar-refractivity contribution in [3.8, 4) is 0 Å². The number of rotatable bonds is 6. The molecule has 0 saturated carbocycles. The average molecular weight is 379 g/mol. The molecule has 0 spiro atoms. The number of hydrogen-bond donors (Lipinski definition) is 2. The number of guanidine groups is 1. The highest BCUT2D eigenvalue weighted by Crippen LogP contribution is 2.22. The fourth-order valence-corrected chi connectivity index (χ4v) is 3.56. The van der Waals surface area contributed by atoms with Gasteiger partial charge < -0.3 is 20.1 Å². The molecular weight excluding hydrogens is 344 g/mol. The van der Waals surface area contributed by atoms with Gasteiger partial charge in [-0.25, -0.2) is 0 Å². The minimum atomic E-state index is 0.0919. The van der Waals surface area contributed by atoms with Gasteiger partial charge >= 0.3 is 0 Å². The quantitative estimate of drug-likeness (QED) is 0.570. The van der Waals surface area contributed by atoms with Crippen LogP contribution >= 0.6 is 0 Å². The van der Waals surface area contributed by atoms with Crippen molar-refractivity contribution in [3.63, 3.8) is 0 Å². The Morgan fingerprint density at radius 2 is 1.89 bits per heavy atom. The lowest BCUT2D eigenvalue weighted by Gasteiger charge is -2.36. The number of hydrogen-bond acceptors (Lipinski definition) is 5. The van der Waals surface area contributed by atoms with E-state index in [1.54, 1.807) is 0 Å². The Bertz CT molecular complexity index is 627. The molecule has 1 atom stereocenters. The molecule has 152 valence electrons. The topological polar surface area (TPSA) is 86.0 Å². The summed E-state index contributed by atoms with van der Waals surface area (Å²) in [4.78, 5) is 20.8. The third-order valence-corrected chi connectivity index (χ3v) is 4.85. The molecule has 27 heavy (non-hydrogen) atoms. The maximum Gasteiger partial charge on any atom is 0.234 e. The van der Waals surface area contributed by atoms with Crippen LogP contribution in [0.25, 0.3) is 0 Å². The van der Waals surface area contributed by atoms with Crippen LogP contribution < -0.4 is 10.6 Å². The van der Waals surface area contributed by atoms with Gasteiger partial charge in [0.15, 0.2) is 5.96 Å². The second kappa shape index (κ2) is 9.73. The van der Waals surface area contributed by atoms with Crippen LogP contribution in [0.3, 0.4) is 0 Å². The van der Waals surface area contributed by atoms with Gasteiger partial charge in [0.25, 0.3) is 0 Å². The maximum absolute atomic E-state index is 11.9. The summed E-state index contributed by atoms with van der Waals surface area (Å²) in [5, 5.41) is 10.5. The van der Waals surface area contributed by atoms with E-state index < -0.39 is 0 Å². The molecule has 0 radical (unpaired) electrons. The van der Waals surface area contributed by atoms with Gasteiger partial charge in [0.2, 0.25) is 5.91 Å². The number of nitrogens with one attached hydrogen (secondary N) is 2. The van der Waals surface area contributed by atoms with E-state index in [1.807, 2.05) is 34.7 Å². The Labute approximate surface area is 162 Å². The minimum Gasteiger partial charge on any atom is -0.361 e. The Morgan fingerprint density at radius 3 is 2.41 bits per heavy atom. The van der Waals surface area contributed by atoms with Gasteiger partial charge in [-0.15, -0.1) is 0 Å². The van der Waals surface area contributed by atoms with Crippen LogP contribution in [-0.4, -0.2) is 79.2 Å². The first-order valence-electron chi connectivity index (χ1n) is 9.71. The summed E-state index contributed by atoms with van der Waals surface area (Å²) < 4.78 is 5.28. The SMILES string of the molecule is CN=C(NCC(C)c1c(C)noc1C)N1CCN(CC(=O)NC(C)C)CC1. The van der Waals surface area contributed by atoms with Crippen LogP contribution in [0.4, 0.5) is 0 Å². The molecule has 1 fully saturated rings. The van der Waals surface area contributed by atoms with E-state index in [1.165, 1.54) is 5.56 Å². The van der Waals surface area contributed by atoms with Gasteiger partial charge in [-0.2, -0.15) is 0 Å². The van der Waals surface area contributed by atoms with E-state index in [4.69, 9.17) is 4.52 Å². The van der Waals surface area contributed by atoms with E-state index in [-0.39, 0.29) is 17.9 Å². The number of piperazine rings is 1. The second-order valence-electron chi connectivity index (χ2n) is 7.55. The molecule has 1 unspecified atom stereocenters. The summed E-state index contributed by atoms with van der Waals surface area (Å²) in [5.74, 6) is 2.16. The molecule has 1 saturated heterocycles. The number of aryl methyl sites for hydroxylation is 2. The molecule has 2 N–H and O–H groups in total. The Kier molecular flexibility index (Phi) is 7.65. The van der Waals surface area contributed by atoms with Gasteiger partial charge in [0.05, 0.1) is 12.2 Å². The predicted octanol–water partition coefficient (Wildman–Crippen LogP) is 1.11. The first-order chi connectivity index (χ1) is 12.8. The largest absolute Gasteiger partial charge is 0.361 e. The van der Waals surface area contributed by atoms with Gasteiger partial charge in [-0.1, -0.05) is 12.1 Å². The van der Waals surface area contributed by atoms with Gasteiger partial charge in [-0.05, 0) is 27.7 Å². The van der Waals surface area contributed by atoms with Crippen LogP contribution in [-0.2, 0) is 4.79 Å². The molecule has 1 aliphatic rings. The number of aromatic nitrogens is 1. The van der Waals surface area contributed by atoms with E-state index >= 15 is 0 Å². The van der Waals surface area contributed by atoms with E-state index in [9.17, 15) is 4.79 Å². The normalized spacial score (nSPS) is 17.3. The molecule has 1 aromatic heterocycles. The fourth-order valence-electron chi connectivity index (χ4n) is 3.56. The zero-order valence-corrected chi connectivity index (χ0v) is 17.5. The first-order valence-corrected chi connectivity index (χ1v) is 9.71. The Hall–Kier alpha value is -2.09. The number of amides is 1. The highest BCUT2D eigenvalue weighted by molar-refractivity contribution is 5.80. The standard InChI is InChI=1S/C19H34N6O2/c1-13(2)22-17(26)12-24-7-9-25(10-8-24)19(20-6)21-11-14(3)18-15(4)23-27-16(18)5/h13-14H,7-12H2,1-6H3,(H,20,21)(H,22,26). The third kappa shape index (κ3) is 5.95. The Balaban J connectivity index is 1.81. The lowest BCUT2D eigenvalue weighted by molar-refractivity contribution is -0.123. The number of aliphatic imine (C=N–C) groups is 1. The van der Waals surface area contributed by atoms with Crippen molar-refractivity contribution in [3.05, 3.63) is 17.0 Å². The second-order valence-corrected chi connectivity index (χ2v) is 7.55. The number of carbonyl (C=O) groups excluding carboxylic acids is 1. The molecule has 2 rings (SSSR count). The molecule has 0 aromatic carbocycles. The first kappa shape index (κ1) is 21.2. The van der Waals surface area contributed by atoms with E-state index in [2.05, 4.69) is 37.5 Å². The van der Waals surface area contributed by atoms with E-state index in [0.717, 1.165) is 50.1 Å². The lowest BCUT2D eigenvalue weighted by atomic mass is 10.00. The smallest absolute Gasteiger partial charge is 0.234 e. The molecule has 0 aliphatic carbocycles. The molecule has 1 aliphatic heterocycles.